The number of hydrogen-bond acceptors (Lipinski definition) is 7. The van der Waals surface area contributed by atoms with Crippen molar-refractivity contribution < 1.29 is 33.8 Å². The summed E-state index contributed by atoms with van der Waals surface area (Å²) >= 11 is 0. The summed E-state index contributed by atoms with van der Waals surface area (Å²) in [6, 6.07) is 11.5. The molecule has 2 rings (SSSR count). The third kappa shape index (κ3) is 11.7. The second kappa shape index (κ2) is 16.5. The normalized spacial score (nSPS) is 15.0. The summed E-state index contributed by atoms with van der Waals surface area (Å²) in [7, 11) is 0. The monoisotopic (exact) mass is 639 g/mol. The van der Waals surface area contributed by atoms with Crippen molar-refractivity contribution in [3.8, 4) is 5.75 Å². The minimum absolute atomic E-state index is 0.0924. The van der Waals surface area contributed by atoms with Crippen molar-refractivity contribution in [3.05, 3.63) is 65.7 Å². The number of benzene rings is 2. The lowest BCUT2D eigenvalue weighted by molar-refractivity contribution is -0.159. The van der Waals surface area contributed by atoms with E-state index in [0.717, 1.165) is 5.56 Å². The molecule has 0 aromatic heterocycles. The van der Waals surface area contributed by atoms with Gasteiger partial charge in [-0.15, -0.1) is 0 Å². The molecule has 0 aliphatic rings. The van der Waals surface area contributed by atoms with Crippen LogP contribution in [0.15, 0.2) is 54.6 Å². The molecule has 10 nitrogen and oxygen atoms in total. The standard InChI is InChI=1S/C36H53N3O7/c1-11-23(3)29(38-34(44)46-36(8,9)10)32(42)39(24(4)12-2)30(26-19-16-20-27(40)22-26)31(41)37-28(33(43)45-35(5,6)7)21-25-17-14-13-15-18-25/h13-20,22-24,28-30,40H,11-12,21H2,1-10H3,(H,37,41)(H,38,44). The topological polar surface area (TPSA) is 134 Å². The van der Waals surface area contributed by atoms with Crippen molar-refractivity contribution in [1.82, 2.24) is 15.5 Å². The number of rotatable bonds is 13. The number of carbonyl (C=O) groups is 4. The number of aromatic hydroxyl groups is 1. The van der Waals surface area contributed by atoms with E-state index in [9.17, 15) is 24.3 Å². The zero-order valence-corrected chi connectivity index (χ0v) is 29.0. The number of nitrogens with one attached hydrogen (secondary N) is 2. The maximum absolute atomic E-state index is 14.6. The Morgan fingerprint density at radius 3 is 1.96 bits per heavy atom. The van der Waals surface area contributed by atoms with Crippen LogP contribution in [0, 0.1) is 5.92 Å². The highest BCUT2D eigenvalue weighted by atomic mass is 16.6. The molecule has 3 amide bonds. The van der Waals surface area contributed by atoms with Crippen molar-refractivity contribution in [2.45, 2.75) is 124 Å². The lowest BCUT2D eigenvalue weighted by Gasteiger charge is -2.39. The van der Waals surface area contributed by atoms with E-state index in [1.807, 2.05) is 58.0 Å². The Bertz CT molecular complexity index is 1320. The lowest BCUT2D eigenvalue weighted by atomic mass is 9.94. The molecule has 5 unspecified atom stereocenters. The predicted octanol–water partition coefficient (Wildman–Crippen LogP) is 6.07. The summed E-state index contributed by atoms with van der Waals surface area (Å²) < 4.78 is 11.2. The first kappa shape index (κ1) is 38.1. The molecule has 0 fully saturated rings. The van der Waals surface area contributed by atoms with Gasteiger partial charge in [0, 0.05) is 12.5 Å². The average Bonchev–Trinajstić information content (AvgIpc) is 2.95. The van der Waals surface area contributed by atoms with E-state index < -0.39 is 59.2 Å². The lowest BCUT2D eigenvalue weighted by Crippen LogP contribution is -2.58. The van der Waals surface area contributed by atoms with E-state index in [0.29, 0.717) is 18.4 Å². The van der Waals surface area contributed by atoms with Crippen LogP contribution in [0.5, 0.6) is 5.75 Å². The number of amides is 3. The molecule has 2 aromatic carbocycles. The largest absolute Gasteiger partial charge is 0.508 e. The van der Waals surface area contributed by atoms with Crippen LogP contribution in [-0.4, -0.2) is 63.2 Å². The van der Waals surface area contributed by atoms with Gasteiger partial charge < -0.3 is 30.1 Å². The maximum Gasteiger partial charge on any atom is 0.408 e. The van der Waals surface area contributed by atoms with Gasteiger partial charge in [0.05, 0.1) is 0 Å². The molecule has 3 N–H and O–H groups in total. The highest BCUT2D eigenvalue weighted by Crippen LogP contribution is 2.30. The molecular weight excluding hydrogens is 586 g/mol. The molecule has 0 aliphatic carbocycles. The minimum atomic E-state index is -1.26. The number of ether oxygens (including phenoxy) is 2. The average molecular weight is 640 g/mol. The summed E-state index contributed by atoms with van der Waals surface area (Å²) in [4.78, 5) is 56.8. The number of carbonyl (C=O) groups excluding carboxylic acids is 4. The smallest absolute Gasteiger partial charge is 0.408 e. The molecule has 46 heavy (non-hydrogen) atoms. The molecule has 0 aliphatic heterocycles. The Morgan fingerprint density at radius 1 is 0.826 bits per heavy atom. The third-order valence-corrected chi connectivity index (χ3v) is 7.47. The van der Waals surface area contributed by atoms with Crippen LogP contribution in [0.4, 0.5) is 4.79 Å². The van der Waals surface area contributed by atoms with Gasteiger partial charge in [0.1, 0.15) is 35.1 Å². The highest BCUT2D eigenvalue weighted by molar-refractivity contribution is 5.94. The van der Waals surface area contributed by atoms with Crippen LogP contribution in [0.2, 0.25) is 0 Å². The van der Waals surface area contributed by atoms with E-state index in [1.165, 1.54) is 17.0 Å². The van der Waals surface area contributed by atoms with Crippen molar-refractivity contribution in [2.24, 2.45) is 5.92 Å². The van der Waals surface area contributed by atoms with Crippen molar-refractivity contribution in [2.75, 3.05) is 0 Å². The molecule has 0 radical (unpaired) electrons. The van der Waals surface area contributed by atoms with Crippen LogP contribution in [0.1, 0.15) is 99.2 Å². The number of alkyl carbamates (subject to hydrolysis) is 1. The van der Waals surface area contributed by atoms with Crippen LogP contribution in [0.25, 0.3) is 0 Å². The van der Waals surface area contributed by atoms with Gasteiger partial charge in [-0.25, -0.2) is 9.59 Å². The summed E-state index contributed by atoms with van der Waals surface area (Å²) in [5.74, 6) is -2.15. The molecule has 0 bridgehead atoms. The Labute approximate surface area is 274 Å². The van der Waals surface area contributed by atoms with E-state index in [4.69, 9.17) is 9.47 Å². The fraction of sp³-hybridized carbons (Fsp3) is 0.556. The number of phenols is 1. The van der Waals surface area contributed by atoms with E-state index in [-0.39, 0.29) is 18.1 Å². The zero-order chi connectivity index (χ0) is 34.8. The van der Waals surface area contributed by atoms with Crippen molar-refractivity contribution in [1.29, 1.82) is 0 Å². The zero-order valence-electron chi connectivity index (χ0n) is 29.0. The number of nitrogens with zero attached hydrogens (tertiary/aromatic N) is 1. The second-order valence-corrected chi connectivity index (χ2v) is 13.8. The summed E-state index contributed by atoms with van der Waals surface area (Å²) in [5.41, 5.74) is -0.449. The molecule has 254 valence electrons. The van der Waals surface area contributed by atoms with Gasteiger partial charge in [0.25, 0.3) is 0 Å². The van der Waals surface area contributed by atoms with Crippen LogP contribution < -0.4 is 10.6 Å². The van der Waals surface area contributed by atoms with Crippen LogP contribution in [0.3, 0.4) is 0 Å². The molecule has 0 spiro atoms. The first-order chi connectivity index (χ1) is 21.4. The molecule has 0 heterocycles. The molecule has 2 aromatic rings. The molecule has 0 saturated heterocycles. The Morgan fingerprint density at radius 2 is 1.43 bits per heavy atom. The van der Waals surface area contributed by atoms with Gasteiger partial charge in [-0.2, -0.15) is 0 Å². The second-order valence-electron chi connectivity index (χ2n) is 13.8. The fourth-order valence-corrected chi connectivity index (χ4v) is 4.87. The number of esters is 1. The van der Waals surface area contributed by atoms with Crippen LogP contribution in [-0.2, 0) is 30.3 Å². The third-order valence-electron chi connectivity index (χ3n) is 7.47. The first-order valence-corrected chi connectivity index (χ1v) is 16.0. The van der Waals surface area contributed by atoms with E-state index in [2.05, 4.69) is 10.6 Å². The minimum Gasteiger partial charge on any atom is -0.508 e. The van der Waals surface area contributed by atoms with E-state index in [1.54, 1.807) is 53.7 Å². The molecule has 5 atom stereocenters. The number of hydrogen-bond donors (Lipinski definition) is 3. The van der Waals surface area contributed by atoms with Gasteiger partial charge in [-0.05, 0) is 84.1 Å². The summed E-state index contributed by atoms with van der Waals surface area (Å²) in [5, 5.41) is 16.1. The van der Waals surface area contributed by atoms with Crippen molar-refractivity contribution >= 4 is 23.9 Å². The Hall–Kier alpha value is -4.08. The van der Waals surface area contributed by atoms with Gasteiger partial charge in [0.2, 0.25) is 11.8 Å². The van der Waals surface area contributed by atoms with Gasteiger partial charge in [-0.3, -0.25) is 9.59 Å². The first-order valence-electron chi connectivity index (χ1n) is 16.0. The highest BCUT2D eigenvalue weighted by Gasteiger charge is 2.41. The maximum atomic E-state index is 14.6. The summed E-state index contributed by atoms with van der Waals surface area (Å²) in [6.45, 7) is 17.9. The summed E-state index contributed by atoms with van der Waals surface area (Å²) in [6.07, 6.45) is 0.442. The molecule has 10 heteroatoms. The Balaban J connectivity index is 2.65. The van der Waals surface area contributed by atoms with Crippen LogP contribution >= 0.6 is 0 Å². The van der Waals surface area contributed by atoms with Gasteiger partial charge in [0.15, 0.2) is 0 Å². The van der Waals surface area contributed by atoms with Crippen molar-refractivity contribution in [3.63, 3.8) is 0 Å². The van der Waals surface area contributed by atoms with Gasteiger partial charge >= 0.3 is 12.1 Å². The van der Waals surface area contributed by atoms with E-state index >= 15 is 0 Å². The van der Waals surface area contributed by atoms with Gasteiger partial charge in [-0.1, -0.05) is 69.7 Å². The quantitative estimate of drug-likeness (QED) is 0.227. The number of phenolic OH excluding ortho intramolecular Hbond substituents is 1. The fourth-order valence-electron chi connectivity index (χ4n) is 4.87. The SMILES string of the molecule is CCC(C)C(NC(=O)OC(C)(C)C)C(=O)N(C(C)CC)C(C(=O)NC(Cc1ccccc1)C(=O)OC(C)(C)C)c1cccc(O)c1. The Kier molecular flexibility index (Phi) is 13.6. The molecular formula is C36H53N3O7. The predicted molar refractivity (Wildman–Crippen MR) is 178 cm³/mol. The molecule has 0 saturated carbocycles.